The fourth-order valence-electron chi connectivity index (χ4n) is 4.18. The molecule has 2 saturated heterocycles. The van der Waals surface area contributed by atoms with Crippen LogP contribution < -0.4 is 10.1 Å². The number of benzene rings is 1. The number of carbonyl (C=O) groups is 2. The molecule has 7 nitrogen and oxygen atoms in total. The second kappa shape index (κ2) is 10.3. The SMILES string of the molecule is O=C(NCc1cccc(OCCN2CCOCC2)c1)C1CCCN(C(=O)C2CC2)C1. The molecule has 164 valence electrons. The van der Waals surface area contributed by atoms with Crippen molar-refractivity contribution in [2.75, 3.05) is 52.5 Å². The second-order valence-corrected chi connectivity index (χ2v) is 8.57. The third-order valence-corrected chi connectivity index (χ3v) is 6.18. The van der Waals surface area contributed by atoms with Gasteiger partial charge in [-0.15, -0.1) is 0 Å². The van der Waals surface area contributed by atoms with Crippen molar-refractivity contribution in [3.63, 3.8) is 0 Å². The van der Waals surface area contributed by atoms with E-state index < -0.39 is 0 Å². The van der Waals surface area contributed by atoms with Gasteiger partial charge >= 0.3 is 0 Å². The van der Waals surface area contributed by atoms with Crippen LogP contribution >= 0.6 is 0 Å². The highest BCUT2D eigenvalue weighted by Crippen LogP contribution is 2.32. The minimum absolute atomic E-state index is 0.0435. The standard InChI is InChI=1S/C23H33N3O4/c27-22(20-4-2-8-26(17-20)23(28)19-6-7-19)24-16-18-3-1-5-21(15-18)30-14-11-25-9-12-29-13-10-25/h1,3,5,15,19-20H,2,4,6-14,16-17H2,(H,24,27). The molecule has 0 aromatic heterocycles. The molecule has 7 heteroatoms. The van der Waals surface area contributed by atoms with E-state index in [1.807, 2.05) is 29.2 Å². The number of nitrogens with zero attached hydrogens (tertiary/aromatic N) is 2. The van der Waals surface area contributed by atoms with Crippen LogP contribution in [-0.2, 0) is 20.9 Å². The van der Waals surface area contributed by atoms with Crippen molar-refractivity contribution in [3.05, 3.63) is 29.8 Å². The summed E-state index contributed by atoms with van der Waals surface area (Å²) in [6.45, 7) is 6.87. The number of amides is 2. The van der Waals surface area contributed by atoms with Gasteiger partial charge in [-0.1, -0.05) is 12.1 Å². The number of ether oxygens (including phenoxy) is 2. The Morgan fingerprint density at radius 3 is 2.73 bits per heavy atom. The number of hydrogen-bond acceptors (Lipinski definition) is 5. The first-order chi connectivity index (χ1) is 14.7. The molecule has 1 saturated carbocycles. The summed E-state index contributed by atoms with van der Waals surface area (Å²) in [6, 6.07) is 7.90. The second-order valence-electron chi connectivity index (χ2n) is 8.57. The van der Waals surface area contributed by atoms with Gasteiger partial charge in [-0.05, 0) is 43.4 Å². The Morgan fingerprint density at radius 1 is 1.10 bits per heavy atom. The number of hydrogen-bond donors (Lipinski definition) is 1. The molecular weight excluding hydrogens is 382 g/mol. The highest BCUT2D eigenvalue weighted by molar-refractivity contribution is 5.83. The van der Waals surface area contributed by atoms with E-state index in [4.69, 9.17) is 9.47 Å². The lowest BCUT2D eigenvalue weighted by Gasteiger charge is -2.32. The van der Waals surface area contributed by atoms with Crippen LogP contribution in [0.1, 0.15) is 31.2 Å². The number of rotatable bonds is 8. The predicted molar refractivity (Wildman–Crippen MR) is 113 cm³/mol. The summed E-state index contributed by atoms with van der Waals surface area (Å²) < 4.78 is 11.3. The highest BCUT2D eigenvalue weighted by atomic mass is 16.5. The van der Waals surface area contributed by atoms with Crippen molar-refractivity contribution < 1.29 is 19.1 Å². The average Bonchev–Trinajstić information content (AvgIpc) is 3.64. The van der Waals surface area contributed by atoms with Gasteiger partial charge in [0.1, 0.15) is 12.4 Å². The molecule has 1 aromatic rings. The van der Waals surface area contributed by atoms with Crippen LogP contribution in [0.15, 0.2) is 24.3 Å². The third-order valence-electron chi connectivity index (χ3n) is 6.18. The number of nitrogens with one attached hydrogen (secondary N) is 1. The minimum Gasteiger partial charge on any atom is -0.492 e. The van der Waals surface area contributed by atoms with Gasteiger partial charge in [0.05, 0.1) is 19.1 Å². The summed E-state index contributed by atoms with van der Waals surface area (Å²) in [4.78, 5) is 29.2. The molecule has 0 spiro atoms. The van der Waals surface area contributed by atoms with Gasteiger partial charge in [0, 0.05) is 45.2 Å². The zero-order chi connectivity index (χ0) is 20.8. The maximum absolute atomic E-state index is 12.7. The predicted octanol–water partition coefficient (Wildman–Crippen LogP) is 1.66. The molecule has 1 aliphatic carbocycles. The number of piperidine rings is 1. The minimum atomic E-state index is -0.102. The molecule has 2 heterocycles. The van der Waals surface area contributed by atoms with Gasteiger partial charge in [-0.3, -0.25) is 14.5 Å². The summed E-state index contributed by atoms with van der Waals surface area (Å²) in [5.41, 5.74) is 1.02. The van der Waals surface area contributed by atoms with Crippen LogP contribution in [0.5, 0.6) is 5.75 Å². The van der Waals surface area contributed by atoms with E-state index in [0.717, 1.165) is 76.4 Å². The molecule has 0 radical (unpaired) electrons. The molecule has 4 rings (SSSR count). The maximum Gasteiger partial charge on any atom is 0.225 e. The molecule has 1 N–H and O–H groups in total. The van der Waals surface area contributed by atoms with E-state index in [9.17, 15) is 9.59 Å². The highest BCUT2D eigenvalue weighted by Gasteiger charge is 2.36. The van der Waals surface area contributed by atoms with Crippen molar-refractivity contribution in [3.8, 4) is 5.75 Å². The fourth-order valence-corrected chi connectivity index (χ4v) is 4.18. The lowest BCUT2D eigenvalue weighted by Crippen LogP contribution is -2.45. The molecule has 0 bridgehead atoms. The van der Waals surface area contributed by atoms with E-state index >= 15 is 0 Å². The Morgan fingerprint density at radius 2 is 1.93 bits per heavy atom. The largest absolute Gasteiger partial charge is 0.492 e. The first kappa shape index (κ1) is 21.1. The Labute approximate surface area is 178 Å². The van der Waals surface area contributed by atoms with Gasteiger partial charge in [0.15, 0.2) is 0 Å². The Balaban J connectivity index is 1.20. The molecule has 1 unspecified atom stereocenters. The van der Waals surface area contributed by atoms with Crippen LogP contribution in [0.4, 0.5) is 0 Å². The molecule has 2 aliphatic heterocycles. The number of likely N-dealkylation sites (tertiary alicyclic amines) is 1. The summed E-state index contributed by atoms with van der Waals surface area (Å²) in [7, 11) is 0. The van der Waals surface area contributed by atoms with Crippen molar-refractivity contribution in [2.45, 2.75) is 32.2 Å². The molecule has 2 amide bonds. The van der Waals surface area contributed by atoms with Gasteiger partial charge in [-0.25, -0.2) is 0 Å². The van der Waals surface area contributed by atoms with Crippen LogP contribution in [0.2, 0.25) is 0 Å². The zero-order valence-corrected chi connectivity index (χ0v) is 17.7. The Hall–Kier alpha value is -2.12. The van der Waals surface area contributed by atoms with Crippen molar-refractivity contribution in [1.29, 1.82) is 0 Å². The monoisotopic (exact) mass is 415 g/mol. The van der Waals surface area contributed by atoms with Crippen LogP contribution in [0.25, 0.3) is 0 Å². The molecular formula is C23H33N3O4. The van der Waals surface area contributed by atoms with E-state index in [1.54, 1.807) is 0 Å². The molecule has 1 aromatic carbocycles. The summed E-state index contributed by atoms with van der Waals surface area (Å²) in [5, 5.41) is 3.05. The van der Waals surface area contributed by atoms with E-state index in [-0.39, 0.29) is 23.7 Å². The topological polar surface area (TPSA) is 71.1 Å². The number of carbonyl (C=O) groups excluding carboxylic acids is 2. The Kier molecular flexibility index (Phi) is 7.23. The van der Waals surface area contributed by atoms with Crippen LogP contribution in [-0.4, -0.2) is 74.2 Å². The quantitative estimate of drug-likeness (QED) is 0.699. The zero-order valence-electron chi connectivity index (χ0n) is 17.7. The van der Waals surface area contributed by atoms with Crippen molar-refractivity contribution in [1.82, 2.24) is 15.1 Å². The van der Waals surface area contributed by atoms with E-state index in [1.165, 1.54) is 0 Å². The molecule has 3 aliphatic rings. The average molecular weight is 416 g/mol. The number of morpholine rings is 1. The van der Waals surface area contributed by atoms with Gasteiger partial charge in [0.25, 0.3) is 0 Å². The van der Waals surface area contributed by atoms with E-state index in [2.05, 4.69) is 10.2 Å². The first-order valence-electron chi connectivity index (χ1n) is 11.3. The smallest absolute Gasteiger partial charge is 0.225 e. The normalized spacial score (nSPS) is 22.5. The molecule has 3 fully saturated rings. The van der Waals surface area contributed by atoms with Gasteiger partial charge in [0.2, 0.25) is 11.8 Å². The lowest BCUT2D eigenvalue weighted by atomic mass is 9.96. The fraction of sp³-hybridized carbons (Fsp3) is 0.652. The lowest BCUT2D eigenvalue weighted by molar-refractivity contribution is -0.136. The first-order valence-corrected chi connectivity index (χ1v) is 11.3. The summed E-state index contributed by atoms with van der Waals surface area (Å²) >= 11 is 0. The van der Waals surface area contributed by atoms with E-state index in [0.29, 0.717) is 19.7 Å². The third kappa shape index (κ3) is 5.95. The molecule has 30 heavy (non-hydrogen) atoms. The van der Waals surface area contributed by atoms with Crippen molar-refractivity contribution >= 4 is 11.8 Å². The van der Waals surface area contributed by atoms with Crippen LogP contribution in [0, 0.1) is 11.8 Å². The Bertz CT molecular complexity index is 731. The van der Waals surface area contributed by atoms with Crippen LogP contribution in [0.3, 0.4) is 0 Å². The summed E-state index contributed by atoms with van der Waals surface area (Å²) in [6.07, 6.45) is 3.78. The summed E-state index contributed by atoms with van der Waals surface area (Å²) in [5.74, 6) is 1.23. The van der Waals surface area contributed by atoms with Gasteiger partial charge in [-0.2, -0.15) is 0 Å². The molecule has 1 atom stereocenters. The van der Waals surface area contributed by atoms with Gasteiger partial charge < -0.3 is 19.7 Å². The maximum atomic E-state index is 12.7. The van der Waals surface area contributed by atoms with Crippen molar-refractivity contribution in [2.24, 2.45) is 11.8 Å².